The summed E-state index contributed by atoms with van der Waals surface area (Å²) in [6, 6.07) is 4.25. The number of aromatic nitrogens is 2. The molecule has 1 fully saturated rings. The third-order valence-corrected chi connectivity index (χ3v) is 3.42. The zero-order chi connectivity index (χ0) is 13.0. The van der Waals surface area contributed by atoms with Crippen LogP contribution >= 0.6 is 0 Å². The maximum absolute atomic E-state index is 8.64. The largest absolute Gasteiger partial charge is 0.306 e. The molecular formula is C14H20N4. The van der Waals surface area contributed by atoms with Crippen LogP contribution in [0, 0.1) is 18.3 Å². The van der Waals surface area contributed by atoms with E-state index in [0.29, 0.717) is 18.8 Å². The number of likely N-dealkylation sites (tertiary alicyclic amines) is 1. The van der Waals surface area contributed by atoms with Crippen LogP contribution in [0.3, 0.4) is 0 Å². The highest BCUT2D eigenvalue weighted by molar-refractivity contribution is 5.16. The zero-order valence-electron chi connectivity index (χ0n) is 11.2. The van der Waals surface area contributed by atoms with Crippen LogP contribution in [0.4, 0.5) is 0 Å². The summed E-state index contributed by atoms with van der Waals surface area (Å²) in [5, 5.41) is 8.64. The number of likely N-dealkylation sites (N-methyl/N-ethyl adjacent to an activating group) is 1. The lowest BCUT2D eigenvalue weighted by atomic mass is 9.94. The van der Waals surface area contributed by atoms with Crippen LogP contribution in [-0.2, 0) is 6.42 Å². The first-order valence-electron chi connectivity index (χ1n) is 6.59. The Kier molecular flexibility index (Phi) is 4.27. The van der Waals surface area contributed by atoms with Gasteiger partial charge in [0.1, 0.15) is 5.82 Å². The molecular weight excluding hydrogens is 224 g/mol. The van der Waals surface area contributed by atoms with Crippen LogP contribution in [0.2, 0.25) is 0 Å². The van der Waals surface area contributed by atoms with Gasteiger partial charge in [-0.1, -0.05) is 0 Å². The van der Waals surface area contributed by atoms with E-state index in [9.17, 15) is 0 Å². The molecule has 1 atom stereocenters. The summed E-state index contributed by atoms with van der Waals surface area (Å²) in [6.45, 7) is 4.27. The second kappa shape index (κ2) is 5.92. The molecule has 0 aliphatic carbocycles. The minimum Gasteiger partial charge on any atom is -0.306 e. The Labute approximate surface area is 109 Å². The Balaban J connectivity index is 2.16. The SMILES string of the molecule is Cc1cc(C2CCCN(C)C2)nc(CCC#N)n1. The summed E-state index contributed by atoms with van der Waals surface area (Å²) in [4.78, 5) is 11.4. The van der Waals surface area contributed by atoms with Crippen molar-refractivity contribution in [2.45, 2.75) is 38.5 Å². The van der Waals surface area contributed by atoms with Crippen molar-refractivity contribution >= 4 is 0 Å². The van der Waals surface area contributed by atoms with Crippen molar-refractivity contribution in [2.75, 3.05) is 20.1 Å². The fourth-order valence-electron chi connectivity index (χ4n) is 2.55. The molecule has 0 saturated carbocycles. The van der Waals surface area contributed by atoms with E-state index in [1.807, 2.05) is 6.92 Å². The van der Waals surface area contributed by atoms with Gasteiger partial charge in [0.05, 0.1) is 6.07 Å². The number of hydrogen-bond donors (Lipinski definition) is 0. The minimum absolute atomic E-state index is 0.494. The van der Waals surface area contributed by atoms with Crippen molar-refractivity contribution in [1.82, 2.24) is 14.9 Å². The van der Waals surface area contributed by atoms with E-state index in [2.05, 4.69) is 34.1 Å². The molecule has 18 heavy (non-hydrogen) atoms. The molecule has 0 amide bonds. The van der Waals surface area contributed by atoms with Crippen molar-refractivity contribution in [2.24, 2.45) is 0 Å². The summed E-state index contributed by atoms with van der Waals surface area (Å²) >= 11 is 0. The normalized spacial score (nSPS) is 20.6. The Morgan fingerprint density at radius 3 is 3.06 bits per heavy atom. The molecule has 2 heterocycles. The van der Waals surface area contributed by atoms with Crippen molar-refractivity contribution in [3.05, 3.63) is 23.3 Å². The lowest BCUT2D eigenvalue weighted by Crippen LogP contribution is -2.31. The molecule has 1 unspecified atom stereocenters. The molecule has 0 radical (unpaired) electrons. The number of hydrogen-bond acceptors (Lipinski definition) is 4. The van der Waals surface area contributed by atoms with Gasteiger partial charge < -0.3 is 4.90 Å². The average Bonchev–Trinajstić information content (AvgIpc) is 2.36. The molecule has 0 bridgehead atoms. The highest BCUT2D eigenvalue weighted by Gasteiger charge is 2.20. The monoisotopic (exact) mass is 244 g/mol. The van der Waals surface area contributed by atoms with Crippen molar-refractivity contribution < 1.29 is 0 Å². The van der Waals surface area contributed by atoms with E-state index in [0.717, 1.165) is 23.8 Å². The summed E-state index contributed by atoms with van der Waals surface area (Å²) < 4.78 is 0. The van der Waals surface area contributed by atoms with Gasteiger partial charge in [0, 0.05) is 36.7 Å². The van der Waals surface area contributed by atoms with Gasteiger partial charge in [0.15, 0.2) is 0 Å². The van der Waals surface area contributed by atoms with Crippen LogP contribution in [0.5, 0.6) is 0 Å². The van der Waals surface area contributed by atoms with Crippen LogP contribution in [0.1, 0.15) is 42.4 Å². The molecule has 1 aliphatic rings. The highest BCUT2D eigenvalue weighted by atomic mass is 15.1. The van der Waals surface area contributed by atoms with E-state index in [4.69, 9.17) is 5.26 Å². The standard InChI is InChI=1S/C14H20N4/c1-11-9-13(12-5-4-8-18(2)10-12)17-14(16-11)6-3-7-15/h9,12H,3-6,8,10H2,1-2H3. The van der Waals surface area contributed by atoms with Crippen molar-refractivity contribution in [3.63, 3.8) is 0 Å². The molecule has 4 heteroatoms. The molecule has 96 valence electrons. The molecule has 1 aromatic heterocycles. The van der Waals surface area contributed by atoms with E-state index >= 15 is 0 Å². The summed E-state index contributed by atoms with van der Waals surface area (Å²) in [7, 11) is 2.16. The minimum atomic E-state index is 0.494. The number of piperidine rings is 1. The zero-order valence-corrected chi connectivity index (χ0v) is 11.2. The summed E-state index contributed by atoms with van der Waals surface area (Å²) in [5.74, 6) is 1.34. The molecule has 1 saturated heterocycles. The van der Waals surface area contributed by atoms with Gasteiger partial charge in [-0.25, -0.2) is 9.97 Å². The molecule has 0 spiro atoms. The second-order valence-electron chi connectivity index (χ2n) is 5.11. The van der Waals surface area contributed by atoms with Gasteiger partial charge in [0.25, 0.3) is 0 Å². The van der Waals surface area contributed by atoms with Crippen molar-refractivity contribution in [3.8, 4) is 6.07 Å². The number of nitrogens with zero attached hydrogens (tertiary/aromatic N) is 4. The van der Waals surface area contributed by atoms with Gasteiger partial charge in [-0.2, -0.15) is 5.26 Å². The van der Waals surface area contributed by atoms with Crippen molar-refractivity contribution in [1.29, 1.82) is 5.26 Å². The topological polar surface area (TPSA) is 52.8 Å². The fraction of sp³-hybridized carbons (Fsp3) is 0.643. The Morgan fingerprint density at radius 1 is 1.50 bits per heavy atom. The molecule has 1 aromatic rings. The lowest BCUT2D eigenvalue weighted by Gasteiger charge is -2.29. The second-order valence-corrected chi connectivity index (χ2v) is 5.11. The first-order chi connectivity index (χ1) is 8.69. The smallest absolute Gasteiger partial charge is 0.129 e. The maximum Gasteiger partial charge on any atom is 0.129 e. The summed E-state index contributed by atoms with van der Waals surface area (Å²) in [6.07, 6.45) is 3.59. The third kappa shape index (κ3) is 3.27. The third-order valence-electron chi connectivity index (χ3n) is 3.42. The first kappa shape index (κ1) is 13.0. The fourth-order valence-corrected chi connectivity index (χ4v) is 2.55. The Bertz CT molecular complexity index is 450. The quantitative estimate of drug-likeness (QED) is 0.816. The van der Waals surface area contributed by atoms with Crippen LogP contribution < -0.4 is 0 Å². The van der Waals surface area contributed by atoms with Gasteiger partial charge in [-0.05, 0) is 39.4 Å². The van der Waals surface area contributed by atoms with E-state index in [1.165, 1.54) is 19.4 Å². The summed E-state index contributed by atoms with van der Waals surface area (Å²) in [5.41, 5.74) is 2.17. The van der Waals surface area contributed by atoms with Crippen LogP contribution in [0.25, 0.3) is 0 Å². The van der Waals surface area contributed by atoms with E-state index in [1.54, 1.807) is 0 Å². The molecule has 1 aliphatic heterocycles. The predicted octanol–water partition coefficient (Wildman–Crippen LogP) is 2.05. The van der Waals surface area contributed by atoms with E-state index in [-0.39, 0.29) is 0 Å². The van der Waals surface area contributed by atoms with Crippen LogP contribution in [-0.4, -0.2) is 35.0 Å². The molecule has 0 N–H and O–H groups in total. The highest BCUT2D eigenvalue weighted by Crippen LogP contribution is 2.25. The van der Waals surface area contributed by atoms with Gasteiger partial charge in [-0.3, -0.25) is 0 Å². The van der Waals surface area contributed by atoms with E-state index < -0.39 is 0 Å². The first-order valence-corrected chi connectivity index (χ1v) is 6.59. The van der Waals surface area contributed by atoms with Gasteiger partial charge >= 0.3 is 0 Å². The predicted molar refractivity (Wildman–Crippen MR) is 70.2 cm³/mol. The molecule has 0 aromatic carbocycles. The van der Waals surface area contributed by atoms with Gasteiger partial charge in [-0.15, -0.1) is 0 Å². The molecule has 2 rings (SSSR count). The van der Waals surface area contributed by atoms with Crippen LogP contribution in [0.15, 0.2) is 6.07 Å². The maximum atomic E-state index is 8.64. The number of aryl methyl sites for hydroxylation is 2. The Hall–Kier alpha value is -1.47. The van der Waals surface area contributed by atoms with Gasteiger partial charge in [0.2, 0.25) is 0 Å². The average molecular weight is 244 g/mol. The number of rotatable bonds is 3. The Morgan fingerprint density at radius 2 is 2.33 bits per heavy atom. The number of nitriles is 1. The lowest BCUT2D eigenvalue weighted by molar-refractivity contribution is 0.248. The molecule has 4 nitrogen and oxygen atoms in total.